The number of nitro groups is 1. The molecule has 0 bridgehead atoms. The predicted octanol–water partition coefficient (Wildman–Crippen LogP) is 3.89. The number of nitrogens with one attached hydrogen (secondary N) is 2. The highest BCUT2D eigenvalue weighted by atomic mass is 35.5. The molecule has 2 aromatic carbocycles. The van der Waals surface area contributed by atoms with E-state index in [1.807, 2.05) is 0 Å². The number of non-ortho nitro benzene ring substituents is 1. The highest BCUT2D eigenvalue weighted by Crippen LogP contribution is 2.23. The quantitative estimate of drug-likeness (QED) is 0.554. The highest BCUT2D eigenvalue weighted by Gasteiger charge is 2.11. The third-order valence-electron chi connectivity index (χ3n) is 3.26. The van der Waals surface area contributed by atoms with E-state index in [0.29, 0.717) is 21.8 Å². The Kier molecular flexibility index (Phi) is 4.26. The number of hydrogen-bond donors (Lipinski definition) is 2. The van der Waals surface area contributed by atoms with Gasteiger partial charge in [-0.2, -0.15) is 0 Å². The third-order valence-corrected chi connectivity index (χ3v) is 3.50. The number of halogens is 1. The van der Waals surface area contributed by atoms with Crippen LogP contribution in [0.2, 0.25) is 5.02 Å². The van der Waals surface area contributed by atoms with Crippen molar-refractivity contribution in [1.29, 1.82) is 0 Å². The number of aromatic amines is 1. The molecule has 1 amide bonds. The molecule has 120 valence electrons. The van der Waals surface area contributed by atoms with Gasteiger partial charge in [-0.15, -0.1) is 0 Å². The van der Waals surface area contributed by atoms with Crippen LogP contribution < -0.4 is 5.32 Å². The average Bonchev–Trinajstić information content (AvgIpc) is 3.03. The summed E-state index contributed by atoms with van der Waals surface area (Å²) >= 11 is 5.86. The van der Waals surface area contributed by atoms with Gasteiger partial charge >= 0.3 is 0 Å². The summed E-state index contributed by atoms with van der Waals surface area (Å²) in [6, 6.07) is 12.6. The van der Waals surface area contributed by atoms with Crippen LogP contribution in [0.1, 0.15) is 10.4 Å². The number of benzene rings is 2. The molecule has 7 nitrogen and oxygen atoms in total. The van der Waals surface area contributed by atoms with E-state index in [2.05, 4.69) is 15.3 Å². The Bertz CT molecular complexity index is 923. The second-order valence-corrected chi connectivity index (χ2v) is 5.35. The summed E-state index contributed by atoms with van der Waals surface area (Å²) in [5, 5.41) is 13.9. The van der Waals surface area contributed by atoms with Gasteiger partial charge in [-0.25, -0.2) is 4.98 Å². The maximum atomic E-state index is 12.1. The monoisotopic (exact) mass is 342 g/mol. The van der Waals surface area contributed by atoms with Crippen molar-refractivity contribution in [1.82, 2.24) is 9.97 Å². The van der Waals surface area contributed by atoms with Gasteiger partial charge in [-0.3, -0.25) is 20.2 Å². The van der Waals surface area contributed by atoms with Crippen LogP contribution in [0.5, 0.6) is 0 Å². The maximum absolute atomic E-state index is 12.1. The second kappa shape index (κ2) is 6.51. The lowest BCUT2D eigenvalue weighted by Gasteiger charge is -2.02. The van der Waals surface area contributed by atoms with Gasteiger partial charge < -0.3 is 4.98 Å². The molecule has 0 radical (unpaired) electrons. The molecule has 24 heavy (non-hydrogen) atoms. The van der Waals surface area contributed by atoms with Crippen molar-refractivity contribution in [3.05, 3.63) is 75.4 Å². The first kappa shape index (κ1) is 15.7. The van der Waals surface area contributed by atoms with E-state index in [1.165, 1.54) is 18.3 Å². The average molecular weight is 343 g/mol. The van der Waals surface area contributed by atoms with Crippen LogP contribution in [0, 0.1) is 10.1 Å². The third kappa shape index (κ3) is 3.41. The van der Waals surface area contributed by atoms with E-state index in [1.54, 1.807) is 36.4 Å². The highest BCUT2D eigenvalue weighted by molar-refractivity contribution is 6.31. The van der Waals surface area contributed by atoms with Crippen LogP contribution >= 0.6 is 11.6 Å². The fraction of sp³-hybridized carbons (Fsp3) is 0. The molecule has 0 aliphatic heterocycles. The van der Waals surface area contributed by atoms with Crippen molar-refractivity contribution < 1.29 is 9.72 Å². The predicted molar refractivity (Wildman–Crippen MR) is 90.1 cm³/mol. The van der Waals surface area contributed by atoms with E-state index >= 15 is 0 Å². The standard InChI is InChI=1S/C16H11ClN4O3/c17-12-5-1-4-11(7-12)15(22)20-16-18-9-14(19-16)10-3-2-6-13(8-10)21(23)24/h1-9H,(H2,18,19,20,22). The van der Waals surface area contributed by atoms with Gasteiger partial charge in [0.05, 0.1) is 16.8 Å². The summed E-state index contributed by atoms with van der Waals surface area (Å²) in [5.74, 6) is -0.126. The van der Waals surface area contributed by atoms with Crippen molar-refractivity contribution in [3.63, 3.8) is 0 Å². The number of imidazole rings is 1. The lowest BCUT2D eigenvalue weighted by Crippen LogP contribution is -2.12. The number of anilines is 1. The molecule has 3 rings (SSSR count). The molecular weight excluding hydrogens is 332 g/mol. The molecule has 1 aromatic heterocycles. The largest absolute Gasteiger partial charge is 0.324 e. The van der Waals surface area contributed by atoms with Crippen LogP contribution in [0.25, 0.3) is 11.3 Å². The zero-order valence-corrected chi connectivity index (χ0v) is 12.9. The fourth-order valence-electron chi connectivity index (χ4n) is 2.13. The minimum atomic E-state index is -0.471. The number of rotatable bonds is 4. The molecule has 3 aromatic rings. The number of H-pyrrole nitrogens is 1. The van der Waals surface area contributed by atoms with E-state index in [4.69, 9.17) is 11.6 Å². The summed E-state index contributed by atoms with van der Waals surface area (Å²) in [5.41, 5.74) is 1.53. The summed E-state index contributed by atoms with van der Waals surface area (Å²) in [4.78, 5) is 29.5. The lowest BCUT2D eigenvalue weighted by atomic mass is 10.1. The number of nitrogens with zero attached hydrogens (tertiary/aromatic N) is 2. The van der Waals surface area contributed by atoms with Crippen LogP contribution in [-0.4, -0.2) is 20.8 Å². The fourth-order valence-corrected chi connectivity index (χ4v) is 2.32. The number of carbonyl (C=O) groups excluding carboxylic acids is 1. The van der Waals surface area contributed by atoms with Crippen molar-refractivity contribution in [2.24, 2.45) is 0 Å². The normalized spacial score (nSPS) is 10.4. The van der Waals surface area contributed by atoms with Crippen molar-refractivity contribution >= 4 is 29.1 Å². The number of amides is 1. The van der Waals surface area contributed by atoms with Gasteiger partial charge in [0.1, 0.15) is 0 Å². The molecule has 0 aliphatic carbocycles. The molecule has 0 aliphatic rings. The Balaban J connectivity index is 1.80. The summed E-state index contributed by atoms with van der Waals surface area (Å²) in [6.45, 7) is 0. The van der Waals surface area contributed by atoms with Gasteiger partial charge in [-0.1, -0.05) is 29.8 Å². The van der Waals surface area contributed by atoms with Crippen molar-refractivity contribution in [2.45, 2.75) is 0 Å². The van der Waals surface area contributed by atoms with E-state index in [0.717, 1.165) is 0 Å². The molecule has 0 spiro atoms. The van der Waals surface area contributed by atoms with Gasteiger partial charge in [0.25, 0.3) is 11.6 Å². The minimum absolute atomic E-state index is 0.0217. The zero-order chi connectivity index (χ0) is 17.1. The summed E-state index contributed by atoms with van der Waals surface area (Å²) < 4.78 is 0. The first-order valence-electron chi connectivity index (χ1n) is 6.90. The Labute approximate surface area is 141 Å². The van der Waals surface area contributed by atoms with Crippen molar-refractivity contribution in [3.8, 4) is 11.3 Å². The van der Waals surface area contributed by atoms with E-state index in [9.17, 15) is 14.9 Å². The molecule has 2 N–H and O–H groups in total. The molecule has 0 atom stereocenters. The molecule has 0 saturated carbocycles. The molecular formula is C16H11ClN4O3. The van der Waals surface area contributed by atoms with Gasteiger partial charge in [0.2, 0.25) is 5.95 Å². The number of carbonyl (C=O) groups is 1. The topological polar surface area (TPSA) is 101 Å². The first-order valence-corrected chi connectivity index (χ1v) is 7.27. The van der Waals surface area contributed by atoms with Crippen LogP contribution in [-0.2, 0) is 0 Å². The zero-order valence-electron chi connectivity index (χ0n) is 12.2. The summed E-state index contributed by atoms with van der Waals surface area (Å²) in [7, 11) is 0. The molecule has 0 fully saturated rings. The second-order valence-electron chi connectivity index (χ2n) is 4.92. The number of nitro benzene ring substituents is 1. The van der Waals surface area contributed by atoms with Crippen LogP contribution in [0.15, 0.2) is 54.7 Å². The Morgan fingerprint density at radius 1 is 1.21 bits per heavy atom. The number of hydrogen-bond acceptors (Lipinski definition) is 4. The Morgan fingerprint density at radius 2 is 2.00 bits per heavy atom. The van der Waals surface area contributed by atoms with Crippen LogP contribution in [0.4, 0.5) is 11.6 Å². The summed E-state index contributed by atoms with van der Waals surface area (Å²) in [6.07, 6.45) is 1.49. The lowest BCUT2D eigenvalue weighted by molar-refractivity contribution is -0.384. The molecule has 0 saturated heterocycles. The first-order chi connectivity index (χ1) is 11.5. The SMILES string of the molecule is O=C(Nc1ncc(-c2cccc([N+](=O)[O-])c2)[nH]1)c1cccc(Cl)c1. The Morgan fingerprint density at radius 3 is 2.75 bits per heavy atom. The minimum Gasteiger partial charge on any atom is -0.324 e. The van der Waals surface area contributed by atoms with Gasteiger partial charge in [0.15, 0.2) is 0 Å². The Hall–Kier alpha value is -3.19. The van der Waals surface area contributed by atoms with Gasteiger partial charge in [0, 0.05) is 28.3 Å². The van der Waals surface area contributed by atoms with Crippen molar-refractivity contribution in [2.75, 3.05) is 5.32 Å². The van der Waals surface area contributed by atoms with Crippen LogP contribution in [0.3, 0.4) is 0 Å². The number of aromatic nitrogens is 2. The molecule has 1 heterocycles. The van der Waals surface area contributed by atoms with E-state index < -0.39 is 4.92 Å². The smallest absolute Gasteiger partial charge is 0.270 e. The molecule has 8 heteroatoms. The van der Waals surface area contributed by atoms with E-state index in [-0.39, 0.29) is 17.5 Å². The molecule has 0 unspecified atom stereocenters. The maximum Gasteiger partial charge on any atom is 0.270 e. The van der Waals surface area contributed by atoms with Gasteiger partial charge in [-0.05, 0) is 18.2 Å².